The second kappa shape index (κ2) is 8.44. The van der Waals surface area contributed by atoms with Crippen LogP contribution in [0.15, 0.2) is 42.6 Å². The van der Waals surface area contributed by atoms with Crippen LogP contribution >= 0.6 is 0 Å². The highest BCUT2D eigenvalue weighted by molar-refractivity contribution is 6.76. The van der Waals surface area contributed by atoms with Gasteiger partial charge in [0.1, 0.15) is 11.6 Å². The molecule has 1 saturated heterocycles. The van der Waals surface area contributed by atoms with Gasteiger partial charge in [-0.15, -0.1) is 0 Å². The van der Waals surface area contributed by atoms with E-state index in [1.807, 2.05) is 12.3 Å². The van der Waals surface area contributed by atoms with Crippen molar-refractivity contribution in [2.24, 2.45) is 0 Å². The van der Waals surface area contributed by atoms with Crippen molar-refractivity contribution in [2.75, 3.05) is 18.9 Å². The first-order valence-electron chi connectivity index (χ1n) is 11.0. The number of aromatic nitrogens is 2. The van der Waals surface area contributed by atoms with Crippen molar-refractivity contribution in [1.29, 1.82) is 0 Å². The van der Waals surface area contributed by atoms with Crippen LogP contribution in [0.5, 0.6) is 5.75 Å². The molecule has 6 heteroatoms. The molecule has 4 rings (SSSR count). The average Bonchev–Trinajstić information content (AvgIpc) is 3.24. The molecule has 0 radical (unpaired) electrons. The normalized spacial score (nSPS) is 17.7. The Kier molecular flexibility index (Phi) is 5.89. The number of nitrogens with zero attached hydrogens (tertiary/aromatic N) is 3. The third kappa shape index (κ3) is 4.55. The quantitative estimate of drug-likeness (QED) is 0.524. The molecule has 0 amide bonds. The molecule has 3 aromatic rings. The van der Waals surface area contributed by atoms with E-state index < -0.39 is 8.07 Å². The van der Waals surface area contributed by atoms with Crippen LogP contribution in [-0.2, 0) is 6.54 Å². The standard InChI is InChI=1S/C24H34N4OSi/c1-18-8-7-11-27(18)17-20-14-19-16-26-24(25)15-22(19)28(20)21-9-5-6-10-23(21)29-12-13-30(2,3)4/h5-6,9-10,14-16,18H,7-8,11-13,17H2,1-4H3,(H2,25,26)/t18-/m0/s1. The number of rotatable bonds is 7. The summed E-state index contributed by atoms with van der Waals surface area (Å²) in [5, 5.41) is 1.11. The molecule has 0 aliphatic carbocycles. The number of hydrogen-bond acceptors (Lipinski definition) is 4. The van der Waals surface area contributed by atoms with Crippen molar-refractivity contribution >= 4 is 24.8 Å². The molecule has 5 nitrogen and oxygen atoms in total. The predicted octanol–water partition coefficient (Wildman–Crippen LogP) is 5.31. The fourth-order valence-electron chi connectivity index (χ4n) is 4.24. The van der Waals surface area contributed by atoms with Gasteiger partial charge in [0.05, 0.1) is 17.8 Å². The largest absolute Gasteiger partial charge is 0.492 e. The van der Waals surface area contributed by atoms with Crippen molar-refractivity contribution in [3.63, 3.8) is 0 Å². The van der Waals surface area contributed by atoms with Crippen molar-refractivity contribution < 1.29 is 4.74 Å². The highest BCUT2D eigenvalue weighted by Gasteiger charge is 2.23. The number of fused-ring (bicyclic) bond motifs is 1. The minimum atomic E-state index is -1.15. The Balaban J connectivity index is 1.75. The smallest absolute Gasteiger partial charge is 0.143 e. The van der Waals surface area contributed by atoms with Crippen LogP contribution in [0.2, 0.25) is 25.7 Å². The molecule has 2 N–H and O–H groups in total. The van der Waals surface area contributed by atoms with Gasteiger partial charge in [-0.05, 0) is 50.6 Å². The van der Waals surface area contributed by atoms with Gasteiger partial charge in [0, 0.05) is 44.0 Å². The van der Waals surface area contributed by atoms with E-state index in [0.29, 0.717) is 11.9 Å². The minimum Gasteiger partial charge on any atom is -0.492 e. The van der Waals surface area contributed by atoms with E-state index in [4.69, 9.17) is 10.5 Å². The van der Waals surface area contributed by atoms with Crippen LogP contribution in [0.25, 0.3) is 16.6 Å². The highest BCUT2D eigenvalue weighted by atomic mass is 28.3. The molecule has 0 bridgehead atoms. The summed E-state index contributed by atoms with van der Waals surface area (Å²) in [5.74, 6) is 1.47. The Hall–Kier alpha value is -2.31. The number of hydrogen-bond donors (Lipinski definition) is 1. The SMILES string of the molecule is C[C@H]1CCCN1Cc1cc2cnc(N)cc2n1-c1ccccc1OCC[Si](C)(C)C. The van der Waals surface area contributed by atoms with Crippen LogP contribution in [0.4, 0.5) is 5.82 Å². The summed E-state index contributed by atoms with van der Waals surface area (Å²) in [6.07, 6.45) is 4.42. The summed E-state index contributed by atoms with van der Waals surface area (Å²) in [4.78, 5) is 6.89. The van der Waals surface area contributed by atoms with Crippen LogP contribution in [0, 0.1) is 0 Å². The second-order valence-corrected chi connectivity index (χ2v) is 15.3. The van der Waals surface area contributed by atoms with Crippen LogP contribution in [-0.4, -0.2) is 41.7 Å². The van der Waals surface area contributed by atoms with Crippen molar-refractivity contribution in [2.45, 2.75) is 58.0 Å². The fraction of sp³-hybridized carbons (Fsp3) is 0.458. The number of nitrogen functional groups attached to an aromatic ring is 1. The molecule has 0 saturated carbocycles. The molecule has 3 heterocycles. The zero-order valence-electron chi connectivity index (χ0n) is 18.7. The van der Waals surface area contributed by atoms with E-state index in [9.17, 15) is 0 Å². The Labute approximate surface area is 180 Å². The Morgan fingerprint density at radius 3 is 2.73 bits per heavy atom. The van der Waals surface area contributed by atoms with E-state index in [1.165, 1.54) is 18.5 Å². The van der Waals surface area contributed by atoms with Gasteiger partial charge in [0.2, 0.25) is 0 Å². The van der Waals surface area contributed by atoms with E-state index >= 15 is 0 Å². The molecule has 1 aromatic carbocycles. The van der Waals surface area contributed by atoms with E-state index in [0.717, 1.165) is 48.1 Å². The van der Waals surface area contributed by atoms with Crippen LogP contribution in [0.3, 0.4) is 0 Å². The number of pyridine rings is 1. The van der Waals surface area contributed by atoms with Crippen LogP contribution < -0.4 is 10.5 Å². The molecular weight excluding hydrogens is 388 g/mol. The Morgan fingerprint density at radius 1 is 1.20 bits per heavy atom. The summed E-state index contributed by atoms with van der Waals surface area (Å²) >= 11 is 0. The summed E-state index contributed by atoms with van der Waals surface area (Å²) in [6, 6.07) is 14.4. The van der Waals surface area contributed by atoms with Crippen LogP contribution in [0.1, 0.15) is 25.5 Å². The molecule has 160 valence electrons. The molecule has 2 aromatic heterocycles. The molecule has 1 fully saturated rings. The van der Waals surface area contributed by atoms with E-state index in [-0.39, 0.29) is 0 Å². The lowest BCUT2D eigenvalue weighted by Gasteiger charge is -2.23. The molecule has 1 atom stereocenters. The fourth-order valence-corrected chi connectivity index (χ4v) is 4.96. The first-order valence-corrected chi connectivity index (χ1v) is 14.7. The highest BCUT2D eigenvalue weighted by Crippen LogP contribution is 2.32. The summed E-state index contributed by atoms with van der Waals surface area (Å²) in [6.45, 7) is 12.3. The summed E-state index contributed by atoms with van der Waals surface area (Å²) in [5.41, 5.74) is 9.49. The predicted molar refractivity (Wildman–Crippen MR) is 128 cm³/mol. The molecule has 1 aliphatic heterocycles. The van der Waals surface area contributed by atoms with Gasteiger partial charge in [-0.3, -0.25) is 4.90 Å². The van der Waals surface area contributed by atoms with Gasteiger partial charge in [-0.2, -0.15) is 0 Å². The third-order valence-electron chi connectivity index (χ3n) is 6.05. The maximum absolute atomic E-state index is 6.32. The number of ether oxygens (including phenoxy) is 1. The number of nitrogens with two attached hydrogens (primary N) is 1. The lowest BCUT2D eigenvalue weighted by molar-refractivity contribution is 0.256. The van der Waals surface area contributed by atoms with E-state index in [2.05, 4.69) is 71.3 Å². The van der Waals surface area contributed by atoms with Crippen molar-refractivity contribution in [1.82, 2.24) is 14.5 Å². The number of benzene rings is 1. The first-order chi connectivity index (χ1) is 14.3. The Morgan fingerprint density at radius 2 is 2.00 bits per heavy atom. The zero-order chi connectivity index (χ0) is 21.3. The average molecular weight is 423 g/mol. The lowest BCUT2D eigenvalue weighted by atomic mass is 10.2. The lowest BCUT2D eigenvalue weighted by Crippen LogP contribution is -2.27. The molecule has 1 aliphatic rings. The monoisotopic (exact) mass is 422 g/mol. The summed E-state index contributed by atoms with van der Waals surface area (Å²) < 4.78 is 8.64. The topological polar surface area (TPSA) is 56.3 Å². The van der Waals surface area contributed by atoms with Gasteiger partial charge < -0.3 is 15.0 Å². The number of para-hydroxylation sites is 2. The maximum atomic E-state index is 6.32. The van der Waals surface area contributed by atoms with E-state index in [1.54, 1.807) is 0 Å². The minimum absolute atomic E-state index is 0.542. The van der Waals surface area contributed by atoms with Gasteiger partial charge in [0.15, 0.2) is 0 Å². The molecule has 30 heavy (non-hydrogen) atoms. The summed E-state index contributed by atoms with van der Waals surface area (Å²) in [7, 11) is -1.15. The molecule has 0 unspecified atom stereocenters. The molecular formula is C24H34N4OSi. The van der Waals surface area contributed by atoms with Crippen molar-refractivity contribution in [3.8, 4) is 11.4 Å². The first kappa shape index (κ1) is 20.9. The Bertz CT molecular complexity index is 1020. The van der Waals surface area contributed by atoms with Crippen molar-refractivity contribution in [3.05, 3.63) is 48.3 Å². The van der Waals surface area contributed by atoms with Gasteiger partial charge in [0.25, 0.3) is 0 Å². The zero-order valence-corrected chi connectivity index (χ0v) is 19.7. The van der Waals surface area contributed by atoms with Gasteiger partial charge >= 0.3 is 0 Å². The third-order valence-corrected chi connectivity index (χ3v) is 7.76. The number of likely N-dealkylation sites (tertiary alicyclic amines) is 1. The van der Waals surface area contributed by atoms with Gasteiger partial charge in [-0.25, -0.2) is 4.98 Å². The molecule has 0 spiro atoms. The second-order valence-electron chi connectivity index (χ2n) is 9.73. The van der Waals surface area contributed by atoms with Gasteiger partial charge in [-0.1, -0.05) is 31.8 Å². The maximum Gasteiger partial charge on any atom is 0.143 e. The number of anilines is 1.